The van der Waals surface area contributed by atoms with E-state index in [4.69, 9.17) is 0 Å². The van der Waals surface area contributed by atoms with Crippen molar-refractivity contribution < 1.29 is 4.79 Å². The Balaban J connectivity index is 2.55. The first-order valence-corrected chi connectivity index (χ1v) is 5.31. The number of rotatable bonds is 0. The summed E-state index contributed by atoms with van der Waals surface area (Å²) >= 11 is 3.48. The van der Waals surface area contributed by atoms with Crippen molar-refractivity contribution in [2.75, 3.05) is 0 Å². The predicted molar refractivity (Wildman–Crippen MR) is 56.0 cm³/mol. The van der Waals surface area contributed by atoms with Crippen LogP contribution in [0.15, 0.2) is 22.7 Å². The van der Waals surface area contributed by atoms with Crippen molar-refractivity contribution in [3.05, 3.63) is 33.8 Å². The van der Waals surface area contributed by atoms with Crippen LogP contribution < -0.4 is 0 Å². The zero-order valence-electron chi connectivity index (χ0n) is 7.51. The molecule has 0 fully saturated rings. The van der Waals surface area contributed by atoms with E-state index < -0.39 is 0 Å². The molecule has 1 aromatic carbocycles. The Bertz CT molecular complexity index is 357. The quantitative estimate of drug-likeness (QED) is 0.679. The van der Waals surface area contributed by atoms with Crippen LogP contribution in [-0.2, 0) is 6.42 Å². The lowest BCUT2D eigenvalue weighted by Gasteiger charge is -2.20. The summed E-state index contributed by atoms with van der Waals surface area (Å²) in [5.74, 6) is 0.490. The Kier molecular flexibility index (Phi) is 2.24. The van der Waals surface area contributed by atoms with Gasteiger partial charge in [0.1, 0.15) is 0 Å². The molecule has 0 N–H and O–H groups in total. The number of Topliss-reactive ketones (excluding diaryl/α,β-unsaturated/α-hetero) is 1. The van der Waals surface area contributed by atoms with Crippen LogP contribution in [0.3, 0.4) is 0 Å². The molecule has 0 saturated heterocycles. The number of carbonyl (C=O) groups excluding carboxylic acids is 1. The van der Waals surface area contributed by atoms with Crippen molar-refractivity contribution in [2.45, 2.75) is 19.8 Å². The molecule has 1 unspecified atom stereocenters. The van der Waals surface area contributed by atoms with Crippen molar-refractivity contribution in [3.8, 4) is 0 Å². The summed E-state index contributed by atoms with van der Waals surface area (Å²) in [6, 6.07) is 5.86. The average Bonchev–Trinajstić information content (AvgIpc) is 2.12. The Morgan fingerprint density at radius 3 is 3.00 bits per heavy atom. The second-order valence-electron chi connectivity index (χ2n) is 3.57. The minimum Gasteiger partial charge on any atom is -0.294 e. The molecular formula is C11H11BrO. The number of fused-ring (bicyclic) bond motifs is 1. The summed E-state index contributed by atoms with van der Waals surface area (Å²) in [7, 11) is 0. The fourth-order valence-corrected chi connectivity index (χ4v) is 2.37. The summed E-state index contributed by atoms with van der Waals surface area (Å²) in [5, 5.41) is 0. The molecule has 68 valence electrons. The zero-order valence-corrected chi connectivity index (χ0v) is 9.10. The molecule has 1 nitrogen and oxygen atoms in total. The van der Waals surface area contributed by atoms with Crippen LogP contribution in [0.4, 0.5) is 0 Å². The van der Waals surface area contributed by atoms with Crippen molar-refractivity contribution in [3.63, 3.8) is 0 Å². The Morgan fingerprint density at radius 1 is 1.46 bits per heavy atom. The first-order valence-electron chi connectivity index (χ1n) is 4.51. The highest BCUT2D eigenvalue weighted by Crippen LogP contribution is 2.30. The first kappa shape index (κ1) is 8.95. The van der Waals surface area contributed by atoms with Crippen molar-refractivity contribution in [2.24, 2.45) is 5.92 Å². The van der Waals surface area contributed by atoms with E-state index in [0.29, 0.717) is 5.78 Å². The fraction of sp³-hybridized carbons (Fsp3) is 0.364. The third-order valence-corrected chi connectivity index (χ3v) is 3.40. The van der Waals surface area contributed by atoms with E-state index in [2.05, 4.69) is 15.9 Å². The number of benzene rings is 1. The monoisotopic (exact) mass is 238 g/mol. The highest BCUT2D eigenvalue weighted by Gasteiger charge is 2.24. The second kappa shape index (κ2) is 3.26. The molecular weight excluding hydrogens is 228 g/mol. The third kappa shape index (κ3) is 1.44. The van der Waals surface area contributed by atoms with E-state index in [9.17, 15) is 4.79 Å². The van der Waals surface area contributed by atoms with Crippen molar-refractivity contribution in [1.29, 1.82) is 0 Å². The van der Waals surface area contributed by atoms with Gasteiger partial charge in [-0.1, -0.05) is 35.0 Å². The number of hydrogen-bond donors (Lipinski definition) is 0. The molecule has 0 amide bonds. The lowest BCUT2D eigenvalue weighted by Crippen LogP contribution is -2.20. The molecule has 0 aliphatic heterocycles. The van der Waals surface area contributed by atoms with E-state index in [0.717, 1.165) is 22.9 Å². The van der Waals surface area contributed by atoms with Crippen LogP contribution >= 0.6 is 15.9 Å². The Morgan fingerprint density at radius 2 is 2.23 bits per heavy atom. The summed E-state index contributed by atoms with van der Waals surface area (Å²) in [5.41, 5.74) is 2.10. The topological polar surface area (TPSA) is 17.1 Å². The maximum Gasteiger partial charge on any atom is 0.165 e. The van der Waals surface area contributed by atoms with Crippen LogP contribution in [-0.4, -0.2) is 5.78 Å². The number of ketones is 1. The standard InChI is InChI=1S/C11H11BrO/c1-7-5-6-8-9(11(7)13)3-2-4-10(8)12/h2-4,7H,5-6H2,1H3. The molecule has 1 atom stereocenters. The Hall–Kier alpha value is -0.630. The predicted octanol–water partition coefficient (Wildman–Crippen LogP) is 3.21. The average molecular weight is 239 g/mol. The van der Waals surface area contributed by atoms with E-state index in [1.54, 1.807) is 0 Å². The van der Waals surface area contributed by atoms with Crippen molar-refractivity contribution >= 4 is 21.7 Å². The van der Waals surface area contributed by atoms with Gasteiger partial charge < -0.3 is 0 Å². The Labute approximate surface area is 86.3 Å². The zero-order chi connectivity index (χ0) is 9.42. The van der Waals surface area contributed by atoms with Gasteiger partial charge >= 0.3 is 0 Å². The largest absolute Gasteiger partial charge is 0.294 e. The van der Waals surface area contributed by atoms with Gasteiger partial charge in [0, 0.05) is 16.0 Å². The second-order valence-corrected chi connectivity index (χ2v) is 4.42. The van der Waals surface area contributed by atoms with Gasteiger partial charge in [0.25, 0.3) is 0 Å². The van der Waals surface area contributed by atoms with Gasteiger partial charge in [0.2, 0.25) is 0 Å². The van der Waals surface area contributed by atoms with Gasteiger partial charge in [-0.2, -0.15) is 0 Å². The van der Waals surface area contributed by atoms with Gasteiger partial charge in [-0.05, 0) is 24.5 Å². The maximum atomic E-state index is 11.7. The number of carbonyl (C=O) groups is 1. The molecule has 2 rings (SSSR count). The van der Waals surface area contributed by atoms with Gasteiger partial charge in [-0.15, -0.1) is 0 Å². The summed E-state index contributed by atoms with van der Waals surface area (Å²) in [6.45, 7) is 2.01. The van der Waals surface area contributed by atoms with Gasteiger partial charge in [-0.25, -0.2) is 0 Å². The first-order chi connectivity index (χ1) is 6.20. The third-order valence-electron chi connectivity index (χ3n) is 2.66. The van der Waals surface area contributed by atoms with Crippen LogP contribution in [0.25, 0.3) is 0 Å². The van der Waals surface area contributed by atoms with Gasteiger partial charge in [0.15, 0.2) is 5.78 Å². The molecule has 2 heteroatoms. The van der Waals surface area contributed by atoms with Crippen LogP contribution in [0.5, 0.6) is 0 Å². The fourth-order valence-electron chi connectivity index (χ4n) is 1.80. The van der Waals surface area contributed by atoms with E-state index in [-0.39, 0.29) is 5.92 Å². The molecule has 0 saturated carbocycles. The minimum atomic E-state index is 0.196. The molecule has 0 radical (unpaired) electrons. The number of hydrogen-bond acceptors (Lipinski definition) is 1. The van der Waals surface area contributed by atoms with E-state index >= 15 is 0 Å². The molecule has 0 aromatic heterocycles. The molecule has 1 aliphatic carbocycles. The summed E-state index contributed by atoms with van der Waals surface area (Å²) in [6.07, 6.45) is 2.00. The SMILES string of the molecule is CC1CCc2c(Br)cccc2C1=O. The minimum absolute atomic E-state index is 0.196. The molecule has 1 aromatic rings. The normalized spacial score (nSPS) is 21.4. The molecule has 0 heterocycles. The van der Waals surface area contributed by atoms with Crippen molar-refractivity contribution in [1.82, 2.24) is 0 Å². The van der Waals surface area contributed by atoms with Crippen LogP contribution in [0, 0.1) is 5.92 Å². The van der Waals surface area contributed by atoms with Gasteiger partial charge in [-0.3, -0.25) is 4.79 Å². The number of halogens is 1. The lowest BCUT2D eigenvalue weighted by atomic mass is 9.84. The summed E-state index contributed by atoms with van der Waals surface area (Å²) < 4.78 is 1.07. The van der Waals surface area contributed by atoms with Crippen LogP contribution in [0.2, 0.25) is 0 Å². The highest BCUT2D eigenvalue weighted by molar-refractivity contribution is 9.10. The lowest BCUT2D eigenvalue weighted by molar-refractivity contribution is 0.0913. The maximum absolute atomic E-state index is 11.7. The summed E-state index contributed by atoms with van der Waals surface area (Å²) in [4.78, 5) is 11.7. The van der Waals surface area contributed by atoms with Crippen LogP contribution in [0.1, 0.15) is 29.3 Å². The molecule has 0 bridgehead atoms. The molecule has 0 spiro atoms. The van der Waals surface area contributed by atoms with E-state index in [1.165, 1.54) is 5.56 Å². The van der Waals surface area contributed by atoms with E-state index in [1.807, 2.05) is 25.1 Å². The molecule has 13 heavy (non-hydrogen) atoms. The molecule has 1 aliphatic rings. The highest BCUT2D eigenvalue weighted by atomic mass is 79.9. The van der Waals surface area contributed by atoms with Gasteiger partial charge in [0.05, 0.1) is 0 Å². The smallest absolute Gasteiger partial charge is 0.165 e.